The van der Waals surface area contributed by atoms with Crippen LogP contribution in [0.5, 0.6) is 0 Å². The summed E-state index contributed by atoms with van der Waals surface area (Å²) < 4.78 is 52.9. The Hall–Kier alpha value is -3.01. The van der Waals surface area contributed by atoms with Crippen molar-refractivity contribution in [3.63, 3.8) is 0 Å². The van der Waals surface area contributed by atoms with E-state index >= 15 is 0 Å². The average molecular weight is 510 g/mol. The van der Waals surface area contributed by atoms with Gasteiger partial charge in [0.15, 0.2) is 11.6 Å². The van der Waals surface area contributed by atoms with Gasteiger partial charge in [-0.15, -0.1) is 0 Å². The molecule has 0 unspecified atom stereocenters. The van der Waals surface area contributed by atoms with E-state index in [0.29, 0.717) is 17.1 Å². The fourth-order valence-electron chi connectivity index (χ4n) is 3.60. The third kappa shape index (κ3) is 8.31. The van der Waals surface area contributed by atoms with Crippen molar-refractivity contribution < 1.29 is 26.8 Å². The van der Waals surface area contributed by atoms with E-state index in [1.165, 1.54) is 4.90 Å². The second kappa shape index (κ2) is 11.6. The number of nitrogens with zero attached hydrogens (tertiary/aromatic N) is 2. The fourth-order valence-corrected chi connectivity index (χ4v) is 4.44. The summed E-state index contributed by atoms with van der Waals surface area (Å²) in [6, 6.07) is 11.1. The van der Waals surface area contributed by atoms with Gasteiger partial charge in [0.2, 0.25) is 21.8 Å². The second-order valence-electron chi connectivity index (χ2n) is 9.35. The number of halogens is 2. The lowest BCUT2D eigenvalue weighted by Gasteiger charge is -2.34. The number of carbonyl (C=O) groups is 2. The second-order valence-corrected chi connectivity index (χ2v) is 11.3. The van der Waals surface area contributed by atoms with E-state index in [0.717, 1.165) is 30.0 Å². The lowest BCUT2D eigenvalue weighted by molar-refractivity contribution is -0.140. The summed E-state index contributed by atoms with van der Waals surface area (Å²) in [4.78, 5) is 27.9. The zero-order valence-corrected chi connectivity index (χ0v) is 21.5. The number of carbonyl (C=O) groups excluding carboxylic acids is 2. The van der Waals surface area contributed by atoms with E-state index in [1.54, 1.807) is 6.92 Å². The summed E-state index contributed by atoms with van der Waals surface area (Å²) >= 11 is 0. The van der Waals surface area contributed by atoms with Crippen molar-refractivity contribution in [1.29, 1.82) is 0 Å². The van der Waals surface area contributed by atoms with Crippen molar-refractivity contribution >= 4 is 27.5 Å². The highest BCUT2D eigenvalue weighted by Crippen LogP contribution is 2.21. The van der Waals surface area contributed by atoms with Gasteiger partial charge in [-0.3, -0.25) is 13.9 Å². The van der Waals surface area contributed by atoms with Gasteiger partial charge in [0.25, 0.3) is 0 Å². The molecule has 35 heavy (non-hydrogen) atoms. The summed E-state index contributed by atoms with van der Waals surface area (Å²) in [5, 5.41) is 2.88. The number of rotatable bonds is 10. The van der Waals surface area contributed by atoms with Crippen molar-refractivity contribution in [1.82, 2.24) is 10.2 Å². The predicted molar refractivity (Wildman–Crippen MR) is 132 cm³/mol. The molecule has 0 radical (unpaired) electrons. The van der Waals surface area contributed by atoms with Crippen LogP contribution in [0.2, 0.25) is 0 Å². The first-order chi connectivity index (χ1) is 16.2. The monoisotopic (exact) mass is 509 g/mol. The molecular weight excluding hydrogens is 476 g/mol. The van der Waals surface area contributed by atoms with Gasteiger partial charge in [-0.2, -0.15) is 0 Å². The van der Waals surface area contributed by atoms with Crippen LogP contribution in [0.1, 0.15) is 39.7 Å². The minimum atomic E-state index is -4.03. The van der Waals surface area contributed by atoms with E-state index in [2.05, 4.69) is 5.32 Å². The van der Waals surface area contributed by atoms with Crippen LogP contribution < -0.4 is 9.62 Å². The minimum Gasteiger partial charge on any atom is -0.350 e. The molecule has 2 rings (SSSR count). The normalized spacial score (nSPS) is 12.7. The van der Waals surface area contributed by atoms with Gasteiger partial charge in [0, 0.05) is 18.2 Å². The Morgan fingerprint density at radius 2 is 1.66 bits per heavy atom. The van der Waals surface area contributed by atoms with Crippen LogP contribution in [-0.2, 0) is 26.0 Å². The number of amides is 2. The highest BCUT2D eigenvalue weighted by molar-refractivity contribution is 7.92. The van der Waals surface area contributed by atoms with Crippen molar-refractivity contribution in [2.75, 3.05) is 23.7 Å². The first-order valence-electron chi connectivity index (χ1n) is 11.3. The largest absolute Gasteiger partial charge is 0.350 e. The predicted octanol–water partition coefficient (Wildman–Crippen LogP) is 3.50. The molecule has 0 aromatic heterocycles. The molecule has 192 valence electrons. The SMILES string of the molecule is CC[C@@H](C(=O)NC(C)(C)C)N(CCc1ccccc1)C(=O)CN(c1ccc(F)c(F)c1)S(C)(=O)=O. The van der Waals surface area contributed by atoms with E-state index in [1.807, 2.05) is 51.1 Å². The molecule has 2 amide bonds. The molecule has 0 bridgehead atoms. The average Bonchev–Trinajstić information content (AvgIpc) is 2.75. The summed E-state index contributed by atoms with van der Waals surface area (Å²) in [6.07, 6.45) is 1.61. The van der Waals surface area contributed by atoms with E-state index in [-0.39, 0.29) is 18.1 Å². The Morgan fingerprint density at radius 3 is 2.17 bits per heavy atom. The van der Waals surface area contributed by atoms with Gasteiger partial charge < -0.3 is 10.2 Å². The molecule has 0 spiro atoms. The molecule has 0 aliphatic heterocycles. The van der Waals surface area contributed by atoms with Crippen molar-refractivity contribution in [2.45, 2.75) is 52.1 Å². The summed E-state index contributed by atoms with van der Waals surface area (Å²) in [6.45, 7) is 6.72. The molecule has 10 heteroatoms. The number of hydrogen-bond acceptors (Lipinski definition) is 4. The summed E-state index contributed by atoms with van der Waals surface area (Å²) in [5.41, 5.74) is 0.218. The molecule has 1 N–H and O–H groups in total. The lowest BCUT2D eigenvalue weighted by atomic mass is 10.1. The van der Waals surface area contributed by atoms with Crippen molar-refractivity contribution in [2.24, 2.45) is 0 Å². The highest BCUT2D eigenvalue weighted by atomic mass is 32.2. The van der Waals surface area contributed by atoms with Crippen molar-refractivity contribution in [3.8, 4) is 0 Å². The third-order valence-electron chi connectivity index (χ3n) is 5.24. The number of anilines is 1. The highest BCUT2D eigenvalue weighted by Gasteiger charge is 2.32. The first kappa shape index (κ1) is 28.2. The van der Waals surface area contributed by atoms with E-state index < -0.39 is 45.7 Å². The van der Waals surface area contributed by atoms with Crippen LogP contribution in [0.3, 0.4) is 0 Å². The maximum absolute atomic E-state index is 13.8. The van der Waals surface area contributed by atoms with Crippen molar-refractivity contribution in [3.05, 3.63) is 65.7 Å². The zero-order chi connectivity index (χ0) is 26.4. The van der Waals surface area contributed by atoms with Crippen LogP contribution in [0.4, 0.5) is 14.5 Å². The molecular formula is C25H33F2N3O4S. The molecule has 0 heterocycles. The van der Waals surface area contributed by atoms with E-state index in [9.17, 15) is 26.8 Å². The quantitative estimate of drug-likeness (QED) is 0.531. The molecule has 1 atom stereocenters. The molecule has 2 aromatic carbocycles. The standard InChI is InChI=1S/C25H33F2N3O4S/c1-6-22(24(32)28-25(2,3)4)29(15-14-18-10-8-7-9-11-18)23(31)17-30(35(5,33)34)19-12-13-20(26)21(27)16-19/h7-13,16,22H,6,14-15,17H2,1-5H3,(H,28,32)/t22-/m0/s1. The first-order valence-corrected chi connectivity index (χ1v) is 13.2. The molecule has 0 aliphatic rings. The molecule has 0 aliphatic carbocycles. The topological polar surface area (TPSA) is 86.8 Å². The lowest BCUT2D eigenvalue weighted by Crippen LogP contribution is -2.56. The smallest absolute Gasteiger partial charge is 0.244 e. The van der Waals surface area contributed by atoms with Gasteiger partial charge in [0.1, 0.15) is 12.6 Å². The van der Waals surface area contributed by atoms with Gasteiger partial charge >= 0.3 is 0 Å². The summed E-state index contributed by atoms with van der Waals surface area (Å²) in [7, 11) is -4.03. The Morgan fingerprint density at radius 1 is 1.03 bits per heavy atom. The number of hydrogen-bond donors (Lipinski definition) is 1. The Labute approximate surface area is 206 Å². The maximum atomic E-state index is 13.8. The van der Waals surface area contributed by atoms with E-state index in [4.69, 9.17) is 0 Å². The molecule has 7 nitrogen and oxygen atoms in total. The van der Waals surface area contributed by atoms with Gasteiger partial charge in [-0.1, -0.05) is 37.3 Å². The van der Waals surface area contributed by atoms with Crippen LogP contribution >= 0.6 is 0 Å². The maximum Gasteiger partial charge on any atom is 0.244 e. The zero-order valence-electron chi connectivity index (χ0n) is 20.7. The third-order valence-corrected chi connectivity index (χ3v) is 6.38. The number of sulfonamides is 1. The molecule has 0 saturated heterocycles. The van der Waals surface area contributed by atoms with Gasteiger partial charge in [0.05, 0.1) is 11.9 Å². The van der Waals surface area contributed by atoms with Crippen LogP contribution in [0.15, 0.2) is 48.5 Å². The fraction of sp³-hybridized carbons (Fsp3) is 0.440. The van der Waals surface area contributed by atoms with Crippen LogP contribution in [0.25, 0.3) is 0 Å². The molecule has 2 aromatic rings. The number of nitrogens with one attached hydrogen (secondary N) is 1. The number of benzene rings is 2. The Bertz CT molecular complexity index is 1140. The van der Waals surface area contributed by atoms with Gasteiger partial charge in [-0.05, 0) is 51.3 Å². The van der Waals surface area contributed by atoms with Gasteiger partial charge in [-0.25, -0.2) is 17.2 Å². The summed E-state index contributed by atoms with van der Waals surface area (Å²) in [5.74, 6) is -3.37. The van der Waals surface area contributed by atoms with Crippen LogP contribution in [0, 0.1) is 11.6 Å². The van der Waals surface area contributed by atoms with Crippen LogP contribution in [-0.4, -0.2) is 56.1 Å². The minimum absolute atomic E-state index is 0.161. The molecule has 0 saturated carbocycles. The Balaban J connectivity index is 2.40. The Kier molecular flexibility index (Phi) is 9.37. The molecule has 0 fully saturated rings.